The molecule has 0 bridgehead atoms. The van der Waals surface area contributed by atoms with Crippen LogP contribution in [0.15, 0.2) is 107 Å². The number of nitrogens with one attached hydrogen (secondary N) is 3. The molecule has 0 radical (unpaired) electrons. The topological polar surface area (TPSA) is 134 Å². The summed E-state index contributed by atoms with van der Waals surface area (Å²) in [5.74, 6) is -0.301. The van der Waals surface area contributed by atoms with Gasteiger partial charge in [0.15, 0.2) is 0 Å². The van der Waals surface area contributed by atoms with Crippen molar-refractivity contribution in [3.8, 4) is 0 Å². The molecule has 0 saturated carbocycles. The van der Waals surface area contributed by atoms with Crippen LogP contribution in [-0.2, 0) is 20.0 Å². The molecule has 1 heterocycles. The zero-order chi connectivity index (χ0) is 25.8. The van der Waals surface area contributed by atoms with Crippen molar-refractivity contribution in [2.45, 2.75) is 16.7 Å². The van der Waals surface area contributed by atoms with Crippen LogP contribution in [0.2, 0.25) is 0 Å². The van der Waals surface area contributed by atoms with Crippen molar-refractivity contribution in [3.05, 3.63) is 108 Å². The maximum Gasteiger partial charge on any atom is 0.263 e. The minimum absolute atomic E-state index is 0.000840. The van der Waals surface area contributed by atoms with Crippen LogP contribution in [0.4, 0.5) is 17.2 Å². The fraction of sp³-hybridized carbons (Fsp3) is 0.0400. The van der Waals surface area contributed by atoms with Gasteiger partial charge in [0.2, 0.25) is 0 Å². The van der Waals surface area contributed by atoms with E-state index in [1.165, 1.54) is 54.7 Å². The Kier molecular flexibility index (Phi) is 7.04. The van der Waals surface area contributed by atoms with Crippen LogP contribution in [0.5, 0.6) is 0 Å². The van der Waals surface area contributed by atoms with Gasteiger partial charge in [-0.25, -0.2) is 21.8 Å². The highest BCUT2D eigenvalue weighted by molar-refractivity contribution is 7.93. The lowest BCUT2D eigenvalue weighted by Gasteiger charge is -2.13. The number of rotatable bonds is 8. The van der Waals surface area contributed by atoms with Crippen molar-refractivity contribution in [1.29, 1.82) is 0 Å². The minimum Gasteiger partial charge on any atom is -0.322 e. The van der Waals surface area contributed by atoms with Gasteiger partial charge in [-0.05, 0) is 73.2 Å². The molecule has 1 amide bonds. The minimum atomic E-state index is -3.85. The molecule has 0 saturated heterocycles. The number of aryl methyl sites for hydroxylation is 1. The van der Waals surface area contributed by atoms with E-state index in [9.17, 15) is 21.6 Å². The Bertz CT molecular complexity index is 1590. The summed E-state index contributed by atoms with van der Waals surface area (Å²) in [6.07, 6.45) is 1.47. The molecule has 9 nitrogen and oxygen atoms in total. The van der Waals surface area contributed by atoms with Gasteiger partial charge in [-0.2, -0.15) is 0 Å². The Morgan fingerprint density at radius 1 is 0.722 bits per heavy atom. The molecule has 0 unspecified atom stereocenters. The summed E-state index contributed by atoms with van der Waals surface area (Å²) in [6.45, 7) is 1.72. The zero-order valence-corrected chi connectivity index (χ0v) is 20.7. The molecule has 11 heteroatoms. The number of nitrogens with zero attached hydrogens (tertiary/aromatic N) is 1. The molecule has 3 aromatic carbocycles. The third-order valence-corrected chi connectivity index (χ3v) is 7.88. The van der Waals surface area contributed by atoms with Crippen LogP contribution in [0.25, 0.3) is 0 Å². The number of aromatic nitrogens is 1. The number of carbonyl (C=O) groups excluding carboxylic acids is 1. The quantitative estimate of drug-likeness (QED) is 0.317. The number of hydrogen-bond donors (Lipinski definition) is 3. The van der Waals surface area contributed by atoms with Crippen molar-refractivity contribution >= 4 is 43.1 Å². The second kappa shape index (κ2) is 10.2. The predicted octanol–water partition coefficient (Wildman–Crippen LogP) is 4.24. The van der Waals surface area contributed by atoms with E-state index in [4.69, 9.17) is 0 Å². The Morgan fingerprint density at radius 3 is 2.03 bits per heavy atom. The molecule has 0 aliphatic carbocycles. The predicted molar refractivity (Wildman–Crippen MR) is 138 cm³/mol. The van der Waals surface area contributed by atoms with Crippen LogP contribution in [-0.4, -0.2) is 27.7 Å². The summed E-state index contributed by atoms with van der Waals surface area (Å²) in [5.41, 5.74) is 1.50. The van der Waals surface area contributed by atoms with Gasteiger partial charge >= 0.3 is 0 Å². The second-order valence-corrected chi connectivity index (χ2v) is 11.1. The molecule has 0 atom stereocenters. The normalized spacial score (nSPS) is 11.5. The van der Waals surface area contributed by atoms with Crippen LogP contribution in [0.1, 0.15) is 15.9 Å². The van der Waals surface area contributed by atoms with Crippen LogP contribution < -0.4 is 14.8 Å². The molecule has 1 aromatic heterocycles. The molecule has 4 aromatic rings. The molecule has 3 N–H and O–H groups in total. The Morgan fingerprint density at radius 2 is 1.36 bits per heavy atom. The van der Waals surface area contributed by atoms with E-state index in [1.807, 2.05) is 0 Å². The lowest BCUT2D eigenvalue weighted by Crippen LogP contribution is -2.16. The van der Waals surface area contributed by atoms with E-state index in [0.29, 0.717) is 11.3 Å². The standard InChI is InChI=1S/C25H22N4O5S2/c1-18-10-11-19(17-23(18)28-35(31,32)21-7-3-2-4-8-21)25(30)27-20-12-14-22(15-13-20)36(33,34)29-24-9-5-6-16-26-24/h2-17,28H,1H3,(H,26,29)(H,27,30). The summed E-state index contributed by atoms with van der Waals surface area (Å²) in [7, 11) is -7.68. The van der Waals surface area contributed by atoms with Gasteiger partial charge in [-0.1, -0.05) is 30.3 Å². The number of sulfonamides is 2. The average Bonchev–Trinajstić information content (AvgIpc) is 2.86. The number of pyridine rings is 1. The first-order valence-corrected chi connectivity index (χ1v) is 13.6. The summed E-state index contributed by atoms with van der Waals surface area (Å²) >= 11 is 0. The summed E-state index contributed by atoms with van der Waals surface area (Å²) in [4.78, 5) is 16.9. The van der Waals surface area contributed by atoms with E-state index in [0.717, 1.165) is 0 Å². The summed E-state index contributed by atoms with van der Waals surface area (Å²) in [6, 6.07) is 23.0. The van der Waals surface area contributed by atoms with Gasteiger partial charge < -0.3 is 5.32 Å². The van der Waals surface area contributed by atoms with Gasteiger partial charge in [0.05, 0.1) is 15.5 Å². The molecule has 0 aliphatic rings. The third-order valence-electron chi connectivity index (χ3n) is 5.12. The van der Waals surface area contributed by atoms with Gasteiger partial charge in [0.1, 0.15) is 5.82 Å². The zero-order valence-electron chi connectivity index (χ0n) is 19.0. The van der Waals surface area contributed by atoms with Gasteiger partial charge in [0.25, 0.3) is 26.0 Å². The first-order valence-electron chi connectivity index (χ1n) is 10.7. The molecule has 0 aliphatic heterocycles. The highest BCUT2D eigenvalue weighted by atomic mass is 32.2. The fourth-order valence-electron chi connectivity index (χ4n) is 3.22. The van der Waals surface area contributed by atoms with E-state index < -0.39 is 26.0 Å². The maximum atomic E-state index is 12.8. The lowest BCUT2D eigenvalue weighted by molar-refractivity contribution is 0.102. The molecule has 184 valence electrons. The van der Waals surface area contributed by atoms with Crippen molar-refractivity contribution in [2.24, 2.45) is 0 Å². The Labute approximate surface area is 209 Å². The van der Waals surface area contributed by atoms with Crippen LogP contribution >= 0.6 is 0 Å². The molecule has 36 heavy (non-hydrogen) atoms. The smallest absolute Gasteiger partial charge is 0.263 e. The van der Waals surface area contributed by atoms with Crippen LogP contribution in [0, 0.1) is 6.92 Å². The van der Waals surface area contributed by atoms with E-state index in [1.54, 1.807) is 49.4 Å². The number of benzene rings is 3. The largest absolute Gasteiger partial charge is 0.322 e. The summed E-state index contributed by atoms with van der Waals surface area (Å²) in [5, 5.41) is 2.68. The number of amides is 1. The molecular formula is C25H22N4O5S2. The molecule has 0 spiro atoms. The van der Waals surface area contributed by atoms with Crippen molar-refractivity contribution in [3.63, 3.8) is 0 Å². The number of carbonyl (C=O) groups is 1. The monoisotopic (exact) mass is 522 g/mol. The SMILES string of the molecule is Cc1ccc(C(=O)Nc2ccc(S(=O)(=O)Nc3ccccn3)cc2)cc1NS(=O)(=O)c1ccccc1. The van der Waals surface area contributed by atoms with Gasteiger partial charge in [-0.3, -0.25) is 14.2 Å². The van der Waals surface area contributed by atoms with E-state index in [-0.39, 0.29) is 26.9 Å². The molecule has 4 rings (SSSR count). The maximum absolute atomic E-state index is 12.8. The van der Waals surface area contributed by atoms with E-state index in [2.05, 4.69) is 19.7 Å². The fourth-order valence-corrected chi connectivity index (χ4v) is 5.37. The molecular weight excluding hydrogens is 500 g/mol. The number of anilines is 3. The average molecular weight is 523 g/mol. The Hall–Kier alpha value is -4.22. The first-order chi connectivity index (χ1) is 17.1. The van der Waals surface area contributed by atoms with Crippen molar-refractivity contribution in [2.75, 3.05) is 14.8 Å². The second-order valence-electron chi connectivity index (χ2n) is 7.75. The van der Waals surface area contributed by atoms with E-state index >= 15 is 0 Å². The van der Waals surface area contributed by atoms with Gasteiger partial charge in [-0.15, -0.1) is 0 Å². The highest BCUT2D eigenvalue weighted by Gasteiger charge is 2.17. The highest BCUT2D eigenvalue weighted by Crippen LogP contribution is 2.23. The van der Waals surface area contributed by atoms with Crippen LogP contribution in [0.3, 0.4) is 0 Å². The van der Waals surface area contributed by atoms with Crippen molar-refractivity contribution in [1.82, 2.24) is 4.98 Å². The third kappa shape index (κ3) is 5.88. The van der Waals surface area contributed by atoms with Crippen molar-refractivity contribution < 1.29 is 21.6 Å². The number of hydrogen-bond acceptors (Lipinski definition) is 6. The van der Waals surface area contributed by atoms with Gasteiger partial charge in [0, 0.05) is 17.4 Å². The lowest BCUT2D eigenvalue weighted by atomic mass is 10.1. The summed E-state index contributed by atoms with van der Waals surface area (Å²) < 4.78 is 55.4. The molecule has 0 fully saturated rings. The Balaban J connectivity index is 1.48. The first kappa shape index (κ1) is 24.9.